The summed E-state index contributed by atoms with van der Waals surface area (Å²) in [5.41, 5.74) is 0. The predicted molar refractivity (Wildman–Crippen MR) is 48.2 cm³/mol. The average Bonchev–Trinajstić information content (AvgIpc) is 2.08. The maximum absolute atomic E-state index is 10.1. The highest BCUT2D eigenvalue weighted by molar-refractivity contribution is 7.32. The van der Waals surface area contributed by atoms with Gasteiger partial charge >= 0.3 is 8.25 Å². The summed E-state index contributed by atoms with van der Waals surface area (Å²) in [5.74, 6) is 0.408. The molecule has 1 aromatic rings. The molecule has 0 radical (unpaired) electrons. The van der Waals surface area contributed by atoms with Crippen molar-refractivity contribution in [1.29, 1.82) is 0 Å². The van der Waals surface area contributed by atoms with Gasteiger partial charge in [-0.25, -0.2) is 4.52 Å². The smallest absolute Gasteiger partial charge is 0.229 e. The maximum Gasteiger partial charge on any atom is 0.747 e. The van der Waals surface area contributed by atoms with Gasteiger partial charge in [-0.05, 0) is 12.1 Å². The molecule has 1 aromatic carbocycles. The molecule has 0 aliphatic heterocycles. The molecule has 0 saturated carbocycles. The Morgan fingerprint density at radius 1 is 1.25 bits per heavy atom. The molecule has 3 nitrogen and oxygen atoms in total. The molecule has 0 fully saturated rings. The minimum atomic E-state index is -2.53. The van der Waals surface area contributed by atoms with Gasteiger partial charge in [0.2, 0.25) is 0 Å². The summed E-state index contributed by atoms with van der Waals surface area (Å²) in [7, 11) is -2.53. The van der Waals surface area contributed by atoms with E-state index in [2.05, 4.69) is 4.52 Å². The van der Waals surface area contributed by atoms with Crippen molar-refractivity contribution in [2.24, 2.45) is 0 Å². The topological polar surface area (TPSA) is 46.5 Å². The third kappa shape index (κ3) is 4.83. The van der Waals surface area contributed by atoms with Crippen LogP contribution in [0.5, 0.6) is 5.75 Å². The summed E-state index contributed by atoms with van der Waals surface area (Å²) in [4.78, 5) is 8.29. The Labute approximate surface area is 73.0 Å². The van der Waals surface area contributed by atoms with E-state index in [4.69, 9.17) is 4.89 Å². The van der Waals surface area contributed by atoms with Crippen molar-refractivity contribution < 1.29 is 14.0 Å². The van der Waals surface area contributed by atoms with Gasteiger partial charge in [0.1, 0.15) is 0 Å². The maximum atomic E-state index is 10.1. The van der Waals surface area contributed by atoms with E-state index in [0.29, 0.717) is 5.75 Å². The molecule has 1 rings (SSSR count). The van der Waals surface area contributed by atoms with E-state index in [1.807, 2.05) is 13.8 Å². The van der Waals surface area contributed by atoms with Gasteiger partial charge in [-0.3, -0.25) is 0 Å². The van der Waals surface area contributed by atoms with Gasteiger partial charge in [0.25, 0.3) is 0 Å². The normalized spacial score (nSPS) is 9.42. The molecular weight excluding hydrogens is 175 g/mol. The summed E-state index contributed by atoms with van der Waals surface area (Å²) < 4.78 is 14.6. The zero-order valence-corrected chi connectivity index (χ0v) is 7.99. The number of para-hydroxylation sites is 1. The van der Waals surface area contributed by atoms with Gasteiger partial charge in [0, 0.05) is 4.57 Å². The van der Waals surface area contributed by atoms with E-state index in [1.165, 1.54) is 0 Å². The lowest BCUT2D eigenvalue weighted by atomic mass is 10.3. The summed E-state index contributed by atoms with van der Waals surface area (Å²) in [6.45, 7) is 4.00. The first kappa shape index (κ1) is 11.1. The van der Waals surface area contributed by atoms with E-state index in [-0.39, 0.29) is 0 Å². The zero-order chi connectivity index (χ0) is 9.40. The molecule has 0 aliphatic rings. The highest BCUT2D eigenvalue weighted by Crippen LogP contribution is 2.21. The van der Waals surface area contributed by atoms with Crippen molar-refractivity contribution in [1.82, 2.24) is 0 Å². The van der Waals surface area contributed by atoms with Crippen LogP contribution in [0.1, 0.15) is 13.8 Å². The molecule has 0 heterocycles. The van der Waals surface area contributed by atoms with Crippen LogP contribution >= 0.6 is 8.25 Å². The Hall–Kier alpha value is -0.920. The van der Waals surface area contributed by atoms with Crippen LogP contribution in [0.4, 0.5) is 0 Å². The van der Waals surface area contributed by atoms with E-state index >= 15 is 0 Å². The van der Waals surface area contributed by atoms with Gasteiger partial charge in [0.15, 0.2) is 5.75 Å². The van der Waals surface area contributed by atoms with Crippen molar-refractivity contribution in [2.45, 2.75) is 13.8 Å². The van der Waals surface area contributed by atoms with Crippen LogP contribution < -0.4 is 4.52 Å². The Morgan fingerprint density at radius 3 is 2.17 bits per heavy atom. The standard InChI is InChI=1S/C6H5O3P.C2H6/c7-10(8)9-6-4-2-1-3-5-6;1-2/h1-5H;1-2H3/p+1. The predicted octanol–water partition coefficient (Wildman–Crippen LogP) is 2.74. The SMILES string of the molecule is CC.O=[P+](O)Oc1ccccc1. The fourth-order valence-corrected chi connectivity index (χ4v) is 0.874. The first-order chi connectivity index (χ1) is 5.79. The Kier molecular flexibility index (Phi) is 6.25. The molecule has 0 amide bonds. The third-order valence-corrected chi connectivity index (χ3v) is 1.29. The van der Waals surface area contributed by atoms with Crippen molar-refractivity contribution in [3.63, 3.8) is 0 Å². The summed E-state index contributed by atoms with van der Waals surface area (Å²) in [5, 5.41) is 0. The first-order valence-electron chi connectivity index (χ1n) is 3.68. The average molecular weight is 187 g/mol. The number of hydrogen-bond donors (Lipinski definition) is 1. The Morgan fingerprint density at radius 2 is 1.75 bits per heavy atom. The van der Waals surface area contributed by atoms with Crippen LogP contribution in [0.2, 0.25) is 0 Å². The second kappa shape index (κ2) is 6.77. The van der Waals surface area contributed by atoms with Crippen LogP contribution in [-0.2, 0) is 4.57 Å². The quantitative estimate of drug-likeness (QED) is 0.724. The van der Waals surface area contributed by atoms with Crippen LogP contribution in [-0.4, -0.2) is 4.89 Å². The van der Waals surface area contributed by atoms with Crippen LogP contribution in [0.25, 0.3) is 0 Å². The molecule has 0 aromatic heterocycles. The van der Waals surface area contributed by atoms with E-state index in [9.17, 15) is 4.57 Å². The van der Waals surface area contributed by atoms with E-state index < -0.39 is 8.25 Å². The Bertz CT molecular complexity index is 223. The lowest BCUT2D eigenvalue weighted by Gasteiger charge is -1.86. The van der Waals surface area contributed by atoms with Gasteiger partial charge < -0.3 is 0 Å². The van der Waals surface area contributed by atoms with E-state index in [1.54, 1.807) is 30.3 Å². The van der Waals surface area contributed by atoms with Gasteiger partial charge in [0.05, 0.1) is 0 Å². The molecule has 1 N–H and O–H groups in total. The highest BCUT2D eigenvalue weighted by Gasteiger charge is 2.12. The lowest BCUT2D eigenvalue weighted by molar-refractivity contribution is 0.410. The fourth-order valence-electron chi connectivity index (χ4n) is 0.572. The molecule has 1 unspecified atom stereocenters. The number of hydrogen-bond acceptors (Lipinski definition) is 2. The second-order valence-corrected chi connectivity index (χ2v) is 2.30. The van der Waals surface area contributed by atoms with Gasteiger partial charge in [-0.2, -0.15) is 0 Å². The van der Waals surface area contributed by atoms with Crippen LogP contribution in [0.3, 0.4) is 0 Å². The number of rotatable bonds is 2. The van der Waals surface area contributed by atoms with Crippen molar-refractivity contribution in [2.75, 3.05) is 0 Å². The van der Waals surface area contributed by atoms with Gasteiger partial charge in [-0.15, -0.1) is 4.89 Å². The molecule has 0 spiro atoms. The molecule has 0 saturated heterocycles. The first-order valence-corrected chi connectivity index (χ1v) is 4.81. The van der Waals surface area contributed by atoms with Crippen LogP contribution in [0, 0.1) is 0 Å². The summed E-state index contributed by atoms with van der Waals surface area (Å²) in [6.07, 6.45) is 0. The summed E-state index contributed by atoms with van der Waals surface area (Å²) >= 11 is 0. The van der Waals surface area contributed by atoms with Crippen molar-refractivity contribution >= 4 is 8.25 Å². The monoisotopic (exact) mass is 187 g/mol. The molecule has 12 heavy (non-hydrogen) atoms. The van der Waals surface area contributed by atoms with Crippen molar-refractivity contribution in [3.05, 3.63) is 30.3 Å². The van der Waals surface area contributed by atoms with Crippen molar-refractivity contribution in [3.8, 4) is 5.75 Å². The van der Waals surface area contributed by atoms with Crippen LogP contribution in [0.15, 0.2) is 30.3 Å². The lowest BCUT2D eigenvalue weighted by Crippen LogP contribution is -1.77. The zero-order valence-electron chi connectivity index (χ0n) is 7.10. The summed E-state index contributed by atoms with van der Waals surface area (Å²) in [6, 6.07) is 8.49. The molecular formula is C8H12O3P+. The third-order valence-electron chi connectivity index (χ3n) is 0.927. The minimum absolute atomic E-state index is 0.408. The largest absolute Gasteiger partial charge is 0.747 e. The fraction of sp³-hybridized carbons (Fsp3) is 0.250. The van der Waals surface area contributed by atoms with E-state index in [0.717, 1.165) is 0 Å². The molecule has 4 heteroatoms. The minimum Gasteiger partial charge on any atom is -0.229 e. The molecule has 0 bridgehead atoms. The molecule has 0 aliphatic carbocycles. The highest BCUT2D eigenvalue weighted by atomic mass is 31.1. The molecule has 1 atom stereocenters. The Balaban J connectivity index is 0.000000561. The number of benzene rings is 1. The van der Waals surface area contributed by atoms with Gasteiger partial charge in [-0.1, -0.05) is 32.0 Å². The molecule has 66 valence electrons. The second-order valence-electron chi connectivity index (χ2n) is 1.64.